The summed E-state index contributed by atoms with van der Waals surface area (Å²) >= 11 is 0. The lowest BCUT2D eigenvalue weighted by Gasteiger charge is -2.28. The monoisotopic (exact) mass is 420 g/mol. The van der Waals surface area contributed by atoms with E-state index in [1.165, 1.54) is 5.56 Å². The molecular weight excluding hydrogens is 396 g/mol. The van der Waals surface area contributed by atoms with Gasteiger partial charge in [-0.15, -0.1) is 0 Å². The Hall–Kier alpha value is -2.99. The molecule has 0 atom stereocenters. The molecule has 2 heterocycles. The summed E-state index contributed by atoms with van der Waals surface area (Å²) in [5.74, 6) is -0.404. The number of carbonyl (C=O) groups excluding carboxylic acids is 1. The maximum Gasteiger partial charge on any atom is 0.272 e. The summed E-state index contributed by atoms with van der Waals surface area (Å²) in [5.41, 5.74) is 4.50. The fourth-order valence-corrected chi connectivity index (χ4v) is 5.88. The van der Waals surface area contributed by atoms with Crippen LogP contribution in [-0.2, 0) is 28.6 Å². The number of fused-ring (bicyclic) bond motifs is 1. The normalized spacial score (nSPS) is 13.7. The minimum Gasteiger partial charge on any atom is -0.333 e. The number of amides is 1. The molecule has 1 aliphatic heterocycles. The minimum atomic E-state index is -3.57. The summed E-state index contributed by atoms with van der Waals surface area (Å²) in [6.07, 6.45) is 0.808. The van der Waals surface area contributed by atoms with Crippen LogP contribution in [0.4, 0.5) is 0 Å². The molecule has 0 fully saturated rings. The van der Waals surface area contributed by atoms with Crippen LogP contribution in [0.2, 0.25) is 0 Å². The third kappa shape index (κ3) is 4.00. The Morgan fingerprint density at radius 1 is 0.933 bits per heavy atom. The van der Waals surface area contributed by atoms with Gasteiger partial charge in [-0.05, 0) is 54.7 Å². The Kier molecular flexibility index (Phi) is 5.43. The summed E-state index contributed by atoms with van der Waals surface area (Å²) in [7, 11) is -3.57. The van der Waals surface area contributed by atoms with Gasteiger partial charge in [0.15, 0.2) is 9.84 Å². The quantitative estimate of drug-likeness (QED) is 0.643. The molecule has 0 saturated heterocycles. The SMILES string of the molecule is Cc1cccc(C)c1S(=O)(=O)Cc1cccc(C(=O)N2CCc3ccccc3C2)n1. The molecule has 6 heteroatoms. The van der Waals surface area contributed by atoms with Crippen LogP contribution in [-0.4, -0.2) is 30.8 Å². The standard InChI is InChI=1S/C24H24N2O3S/c1-17-7-5-8-18(2)23(17)30(28,29)16-21-11-6-12-22(25-21)24(27)26-14-13-19-9-3-4-10-20(19)15-26/h3-12H,13-16H2,1-2H3. The van der Waals surface area contributed by atoms with Gasteiger partial charge in [0.2, 0.25) is 0 Å². The highest BCUT2D eigenvalue weighted by Crippen LogP contribution is 2.24. The van der Waals surface area contributed by atoms with Crippen LogP contribution in [0, 0.1) is 13.8 Å². The summed E-state index contributed by atoms with van der Waals surface area (Å²) < 4.78 is 26.1. The Labute approximate surface area is 177 Å². The molecule has 154 valence electrons. The van der Waals surface area contributed by atoms with Crippen LogP contribution in [0.5, 0.6) is 0 Å². The van der Waals surface area contributed by atoms with Crippen molar-refractivity contribution in [3.05, 3.63) is 94.3 Å². The van der Waals surface area contributed by atoms with Gasteiger partial charge in [0.05, 0.1) is 16.3 Å². The smallest absolute Gasteiger partial charge is 0.272 e. The molecule has 0 radical (unpaired) electrons. The highest BCUT2D eigenvalue weighted by atomic mass is 32.2. The third-order valence-corrected chi connectivity index (χ3v) is 7.44. The summed E-state index contributed by atoms with van der Waals surface area (Å²) in [4.78, 5) is 19.5. The topological polar surface area (TPSA) is 67.3 Å². The first kappa shape index (κ1) is 20.3. The van der Waals surface area contributed by atoms with E-state index in [9.17, 15) is 13.2 Å². The van der Waals surface area contributed by atoms with E-state index < -0.39 is 9.84 Å². The zero-order valence-electron chi connectivity index (χ0n) is 17.1. The number of hydrogen-bond acceptors (Lipinski definition) is 4. The van der Waals surface area contributed by atoms with E-state index in [0.29, 0.717) is 34.8 Å². The van der Waals surface area contributed by atoms with Crippen molar-refractivity contribution in [2.24, 2.45) is 0 Å². The second kappa shape index (κ2) is 8.03. The molecule has 0 unspecified atom stereocenters. The zero-order valence-corrected chi connectivity index (χ0v) is 17.9. The largest absolute Gasteiger partial charge is 0.333 e. The molecule has 3 aromatic rings. The van der Waals surface area contributed by atoms with E-state index in [2.05, 4.69) is 11.1 Å². The van der Waals surface area contributed by atoms with Gasteiger partial charge in [0, 0.05) is 13.1 Å². The third-order valence-electron chi connectivity index (χ3n) is 5.50. The van der Waals surface area contributed by atoms with Crippen LogP contribution in [0.1, 0.15) is 38.4 Å². The fraction of sp³-hybridized carbons (Fsp3) is 0.250. The van der Waals surface area contributed by atoms with Crippen molar-refractivity contribution in [2.45, 2.75) is 37.5 Å². The first-order valence-corrected chi connectivity index (χ1v) is 11.6. The fourth-order valence-electron chi connectivity index (χ4n) is 4.07. The Morgan fingerprint density at radius 2 is 1.60 bits per heavy atom. The highest BCUT2D eigenvalue weighted by Gasteiger charge is 2.24. The molecule has 0 aliphatic carbocycles. The Morgan fingerprint density at radius 3 is 2.33 bits per heavy atom. The van der Waals surface area contributed by atoms with Crippen LogP contribution >= 0.6 is 0 Å². The average molecular weight is 421 g/mol. The molecule has 2 aromatic carbocycles. The van der Waals surface area contributed by atoms with Gasteiger partial charge in [0.25, 0.3) is 5.91 Å². The van der Waals surface area contributed by atoms with Crippen molar-refractivity contribution in [1.82, 2.24) is 9.88 Å². The number of aryl methyl sites for hydroxylation is 2. The molecule has 0 saturated carbocycles. The van der Waals surface area contributed by atoms with Crippen molar-refractivity contribution in [2.75, 3.05) is 6.54 Å². The van der Waals surface area contributed by atoms with Crippen LogP contribution in [0.15, 0.2) is 65.6 Å². The zero-order chi connectivity index (χ0) is 21.3. The lowest BCUT2D eigenvalue weighted by atomic mass is 10.00. The van der Waals surface area contributed by atoms with Crippen molar-refractivity contribution in [3.8, 4) is 0 Å². The van der Waals surface area contributed by atoms with Crippen molar-refractivity contribution < 1.29 is 13.2 Å². The second-order valence-corrected chi connectivity index (χ2v) is 9.67. The predicted molar refractivity (Wildman–Crippen MR) is 116 cm³/mol. The van der Waals surface area contributed by atoms with Gasteiger partial charge in [-0.1, -0.05) is 48.5 Å². The van der Waals surface area contributed by atoms with Gasteiger partial charge < -0.3 is 4.90 Å². The minimum absolute atomic E-state index is 0.171. The van der Waals surface area contributed by atoms with Crippen molar-refractivity contribution in [1.29, 1.82) is 0 Å². The van der Waals surface area contributed by atoms with Crippen LogP contribution in [0.3, 0.4) is 0 Å². The van der Waals surface area contributed by atoms with Crippen LogP contribution < -0.4 is 0 Å². The number of aromatic nitrogens is 1. The highest BCUT2D eigenvalue weighted by molar-refractivity contribution is 7.90. The van der Waals surface area contributed by atoms with Gasteiger partial charge >= 0.3 is 0 Å². The molecule has 0 N–H and O–H groups in total. The molecule has 0 spiro atoms. The maximum atomic E-state index is 13.0. The van der Waals surface area contributed by atoms with E-state index in [1.807, 2.05) is 24.3 Å². The van der Waals surface area contributed by atoms with Crippen molar-refractivity contribution >= 4 is 15.7 Å². The van der Waals surface area contributed by atoms with Gasteiger partial charge in [0.1, 0.15) is 5.69 Å². The molecular formula is C24H24N2O3S. The first-order chi connectivity index (χ1) is 14.3. The number of pyridine rings is 1. The van der Waals surface area contributed by atoms with Crippen LogP contribution in [0.25, 0.3) is 0 Å². The molecule has 1 aromatic heterocycles. The number of carbonyl (C=O) groups is 1. The van der Waals surface area contributed by atoms with Gasteiger partial charge in [-0.3, -0.25) is 4.79 Å². The van der Waals surface area contributed by atoms with Gasteiger partial charge in [-0.2, -0.15) is 0 Å². The Bertz CT molecular complexity index is 1200. The van der Waals surface area contributed by atoms with E-state index in [-0.39, 0.29) is 17.4 Å². The predicted octanol–water partition coefficient (Wildman–Crippen LogP) is 3.87. The number of rotatable bonds is 4. The summed E-state index contributed by atoms with van der Waals surface area (Å²) in [6, 6.07) is 18.6. The number of sulfone groups is 1. The average Bonchev–Trinajstić information content (AvgIpc) is 2.72. The van der Waals surface area contributed by atoms with E-state index in [0.717, 1.165) is 12.0 Å². The van der Waals surface area contributed by atoms with E-state index in [4.69, 9.17) is 0 Å². The molecule has 4 rings (SSSR count). The first-order valence-electron chi connectivity index (χ1n) is 9.96. The summed E-state index contributed by atoms with van der Waals surface area (Å²) in [5, 5.41) is 0. The van der Waals surface area contributed by atoms with Crippen molar-refractivity contribution in [3.63, 3.8) is 0 Å². The maximum absolute atomic E-state index is 13.0. The lowest BCUT2D eigenvalue weighted by molar-refractivity contribution is 0.0728. The summed E-state index contributed by atoms with van der Waals surface area (Å²) in [6.45, 7) is 4.76. The number of benzene rings is 2. The number of nitrogens with zero attached hydrogens (tertiary/aromatic N) is 2. The molecule has 0 bridgehead atoms. The number of hydrogen-bond donors (Lipinski definition) is 0. The molecule has 1 amide bonds. The van der Waals surface area contributed by atoms with Gasteiger partial charge in [-0.25, -0.2) is 13.4 Å². The molecule has 5 nitrogen and oxygen atoms in total. The molecule has 30 heavy (non-hydrogen) atoms. The Balaban J connectivity index is 1.57. The lowest BCUT2D eigenvalue weighted by Crippen LogP contribution is -2.36. The van der Waals surface area contributed by atoms with E-state index in [1.54, 1.807) is 49.1 Å². The molecule has 1 aliphatic rings. The second-order valence-electron chi connectivity index (χ2n) is 7.74. The van der Waals surface area contributed by atoms with E-state index >= 15 is 0 Å².